The van der Waals surface area contributed by atoms with Crippen molar-refractivity contribution in [1.82, 2.24) is 20.2 Å². The Hall–Kier alpha value is -1.44. The molecule has 2 N–H and O–H groups in total. The van der Waals surface area contributed by atoms with E-state index in [1.807, 2.05) is 20.9 Å². The zero-order valence-electron chi connectivity index (χ0n) is 13.9. The Kier molecular flexibility index (Phi) is 7.18. The summed E-state index contributed by atoms with van der Waals surface area (Å²) in [5.41, 5.74) is 0.876. The standard InChI is InChI=1S/C15H22N4O2S.ClH/c1-9-10(2)22-15-13(9)14(21)17-11(18-15)5-6-12(20)19(4)8-7-16-3;/h16H,5-8H2,1-4H3,(H,17,18,21);1H. The average molecular weight is 359 g/mol. The van der Waals surface area contributed by atoms with Crippen LogP contribution in [0.4, 0.5) is 0 Å². The fraction of sp³-hybridized carbons (Fsp3) is 0.533. The summed E-state index contributed by atoms with van der Waals surface area (Å²) in [5.74, 6) is 0.630. The molecule has 0 radical (unpaired) electrons. The van der Waals surface area contributed by atoms with Crippen LogP contribution >= 0.6 is 23.7 Å². The minimum atomic E-state index is -0.113. The number of aromatic amines is 1. The second-order valence-electron chi connectivity index (χ2n) is 5.39. The van der Waals surface area contributed by atoms with Gasteiger partial charge in [-0.25, -0.2) is 4.98 Å². The van der Waals surface area contributed by atoms with E-state index in [0.717, 1.165) is 21.8 Å². The fourth-order valence-corrected chi connectivity index (χ4v) is 3.29. The van der Waals surface area contributed by atoms with E-state index in [1.54, 1.807) is 11.9 Å². The van der Waals surface area contributed by atoms with Gasteiger partial charge in [0.1, 0.15) is 10.7 Å². The Labute approximate surface area is 145 Å². The normalized spacial score (nSPS) is 10.6. The second kappa shape index (κ2) is 8.42. The van der Waals surface area contributed by atoms with Crippen molar-refractivity contribution >= 4 is 39.9 Å². The molecule has 2 aromatic rings. The number of H-pyrrole nitrogens is 1. The van der Waals surface area contributed by atoms with Gasteiger partial charge in [-0.1, -0.05) is 0 Å². The lowest BCUT2D eigenvalue weighted by atomic mass is 10.2. The third kappa shape index (κ3) is 4.53. The van der Waals surface area contributed by atoms with Crippen LogP contribution < -0.4 is 10.9 Å². The first-order chi connectivity index (χ1) is 10.4. The smallest absolute Gasteiger partial charge is 0.259 e. The Bertz CT molecular complexity index is 741. The predicted octanol–water partition coefficient (Wildman–Crippen LogP) is 1.63. The molecule has 6 nitrogen and oxygen atoms in total. The van der Waals surface area contributed by atoms with Gasteiger partial charge in [0.25, 0.3) is 5.56 Å². The Morgan fingerprint density at radius 1 is 1.39 bits per heavy atom. The van der Waals surface area contributed by atoms with E-state index >= 15 is 0 Å². The van der Waals surface area contributed by atoms with E-state index in [0.29, 0.717) is 30.6 Å². The molecular weight excluding hydrogens is 336 g/mol. The summed E-state index contributed by atoms with van der Waals surface area (Å²) in [4.78, 5) is 35.0. The molecule has 0 spiro atoms. The molecule has 2 aromatic heterocycles. The zero-order valence-corrected chi connectivity index (χ0v) is 15.5. The predicted molar refractivity (Wildman–Crippen MR) is 96.8 cm³/mol. The number of carbonyl (C=O) groups is 1. The molecule has 23 heavy (non-hydrogen) atoms. The van der Waals surface area contributed by atoms with E-state index in [2.05, 4.69) is 15.3 Å². The molecular formula is C15H23ClN4O2S. The third-order valence-electron chi connectivity index (χ3n) is 3.79. The van der Waals surface area contributed by atoms with Crippen LogP contribution in [0.2, 0.25) is 0 Å². The number of halogens is 1. The van der Waals surface area contributed by atoms with Gasteiger partial charge in [-0.2, -0.15) is 0 Å². The van der Waals surface area contributed by atoms with Gasteiger partial charge in [0.05, 0.1) is 5.39 Å². The highest BCUT2D eigenvalue weighted by Gasteiger charge is 2.13. The number of amides is 1. The molecule has 0 unspecified atom stereocenters. The molecule has 0 saturated carbocycles. The highest BCUT2D eigenvalue weighted by atomic mass is 35.5. The largest absolute Gasteiger partial charge is 0.344 e. The van der Waals surface area contributed by atoms with Gasteiger partial charge in [-0.05, 0) is 26.5 Å². The molecule has 0 fully saturated rings. The number of nitrogens with one attached hydrogen (secondary N) is 2. The summed E-state index contributed by atoms with van der Waals surface area (Å²) in [6.07, 6.45) is 0.794. The van der Waals surface area contributed by atoms with Crippen LogP contribution in [0.1, 0.15) is 22.7 Å². The molecule has 0 aromatic carbocycles. The Morgan fingerprint density at radius 2 is 2.09 bits per heavy atom. The maximum absolute atomic E-state index is 12.2. The van der Waals surface area contributed by atoms with Crippen molar-refractivity contribution in [3.63, 3.8) is 0 Å². The number of likely N-dealkylation sites (N-methyl/N-ethyl adjacent to an activating group) is 2. The Morgan fingerprint density at radius 3 is 2.74 bits per heavy atom. The van der Waals surface area contributed by atoms with Crippen LogP contribution in [0.3, 0.4) is 0 Å². The van der Waals surface area contributed by atoms with E-state index in [-0.39, 0.29) is 23.9 Å². The maximum Gasteiger partial charge on any atom is 0.259 e. The van der Waals surface area contributed by atoms with Crippen molar-refractivity contribution < 1.29 is 4.79 Å². The minimum absolute atomic E-state index is 0. The third-order valence-corrected chi connectivity index (χ3v) is 4.89. The van der Waals surface area contributed by atoms with Crippen molar-refractivity contribution in [2.75, 3.05) is 27.2 Å². The molecule has 1 amide bonds. The van der Waals surface area contributed by atoms with Crippen LogP contribution in [0, 0.1) is 13.8 Å². The van der Waals surface area contributed by atoms with Crippen LogP contribution in [0.25, 0.3) is 10.2 Å². The van der Waals surface area contributed by atoms with Gasteiger partial charge < -0.3 is 15.2 Å². The maximum atomic E-state index is 12.2. The molecule has 0 aliphatic carbocycles. The van der Waals surface area contributed by atoms with E-state index in [4.69, 9.17) is 0 Å². The van der Waals surface area contributed by atoms with Gasteiger partial charge in [-0.3, -0.25) is 9.59 Å². The number of nitrogens with zero attached hydrogens (tertiary/aromatic N) is 2. The monoisotopic (exact) mass is 358 g/mol. The van der Waals surface area contributed by atoms with Crippen molar-refractivity contribution in [2.24, 2.45) is 0 Å². The lowest BCUT2D eigenvalue weighted by molar-refractivity contribution is -0.129. The average Bonchev–Trinajstić information content (AvgIpc) is 2.77. The SMILES string of the molecule is CNCCN(C)C(=O)CCc1nc2sc(C)c(C)c2c(=O)[nH]1.Cl. The first-order valence-corrected chi connectivity index (χ1v) is 8.13. The van der Waals surface area contributed by atoms with E-state index < -0.39 is 0 Å². The second-order valence-corrected chi connectivity index (χ2v) is 6.60. The number of carbonyl (C=O) groups excluding carboxylic acids is 1. The van der Waals surface area contributed by atoms with Gasteiger partial charge in [0.2, 0.25) is 5.91 Å². The number of aromatic nitrogens is 2. The summed E-state index contributed by atoms with van der Waals surface area (Å²) in [6.45, 7) is 5.35. The lowest BCUT2D eigenvalue weighted by Crippen LogP contribution is -2.33. The van der Waals surface area contributed by atoms with Crippen LogP contribution in [-0.2, 0) is 11.2 Å². The summed E-state index contributed by atoms with van der Waals surface area (Å²) >= 11 is 1.52. The highest BCUT2D eigenvalue weighted by Crippen LogP contribution is 2.25. The van der Waals surface area contributed by atoms with Crippen molar-refractivity contribution in [3.05, 3.63) is 26.6 Å². The first kappa shape index (κ1) is 19.6. The van der Waals surface area contributed by atoms with E-state index in [9.17, 15) is 9.59 Å². The van der Waals surface area contributed by atoms with Crippen LogP contribution in [0.15, 0.2) is 4.79 Å². The van der Waals surface area contributed by atoms with Crippen molar-refractivity contribution in [3.8, 4) is 0 Å². The molecule has 0 aliphatic rings. The summed E-state index contributed by atoms with van der Waals surface area (Å²) in [5, 5.41) is 3.68. The number of rotatable bonds is 6. The summed E-state index contributed by atoms with van der Waals surface area (Å²) < 4.78 is 0. The summed E-state index contributed by atoms with van der Waals surface area (Å²) in [6, 6.07) is 0. The topological polar surface area (TPSA) is 78.1 Å². The molecule has 0 bridgehead atoms. The molecule has 0 aliphatic heterocycles. The number of hydrogen-bond donors (Lipinski definition) is 2. The molecule has 128 valence electrons. The van der Waals surface area contributed by atoms with Crippen molar-refractivity contribution in [2.45, 2.75) is 26.7 Å². The fourth-order valence-electron chi connectivity index (χ4n) is 2.24. The zero-order chi connectivity index (χ0) is 16.3. The number of hydrogen-bond acceptors (Lipinski definition) is 5. The lowest BCUT2D eigenvalue weighted by Gasteiger charge is -2.16. The molecule has 2 heterocycles. The van der Waals surface area contributed by atoms with Crippen LogP contribution in [0.5, 0.6) is 0 Å². The van der Waals surface area contributed by atoms with Gasteiger partial charge in [0, 0.05) is 37.9 Å². The van der Waals surface area contributed by atoms with Crippen LogP contribution in [-0.4, -0.2) is 48.0 Å². The van der Waals surface area contributed by atoms with Crippen molar-refractivity contribution in [1.29, 1.82) is 0 Å². The number of fused-ring (bicyclic) bond motifs is 1. The minimum Gasteiger partial charge on any atom is -0.344 e. The van der Waals surface area contributed by atoms with Gasteiger partial charge in [0.15, 0.2) is 0 Å². The molecule has 2 rings (SSSR count). The van der Waals surface area contributed by atoms with E-state index in [1.165, 1.54) is 11.3 Å². The van der Waals surface area contributed by atoms with Gasteiger partial charge >= 0.3 is 0 Å². The number of aryl methyl sites for hydroxylation is 3. The van der Waals surface area contributed by atoms with Gasteiger partial charge in [-0.15, -0.1) is 23.7 Å². The molecule has 8 heteroatoms. The Balaban J connectivity index is 0.00000264. The highest BCUT2D eigenvalue weighted by molar-refractivity contribution is 7.18. The molecule has 0 atom stereocenters. The summed E-state index contributed by atoms with van der Waals surface area (Å²) in [7, 11) is 3.64. The number of thiophene rings is 1. The molecule has 0 saturated heterocycles. The quantitative estimate of drug-likeness (QED) is 0.822. The first-order valence-electron chi connectivity index (χ1n) is 7.31.